The molecule has 138 valence electrons. The lowest BCUT2D eigenvalue weighted by molar-refractivity contribution is -0.122. The molecule has 1 heterocycles. The topological polar surface area (TPSA) is 61.8 Å². The first-order valence-electron chi connectivity index (χ1n) is 9.03. The molecule has 0 aromatic heterocycles. The average Bonchev–Trinajstić information content (AvgIpc) is 2.62. The fourth-order valence-corrected chi connectivity index (χ4v) is 3.57. The molecule has 1 amide bonds. The van der Waals surface area contributed by atoms with Crippen LogP contribution in [-0.4, -0.2) is 42.7 Å². The Morgan fingerprint density at radius 1 is 1.48 bits per heavy atom. The number of phenols is 1. The average molecular weight is 346 g/mol. The lowest BCUT2D eigenvalue weighted by atomic mass is 9.81. The number of carbonyl (C=O) groups is 1. The molecule has 1 aromatic carbocycles. The molecule has 0 saturated carbocycles. The van der Waals surface area contributed by atoms with Crippen LogP contribution in [0.5, 0.6) is 11.5 Å². The first kappa shape index (κ1) is 19.3. The zero-order chi connectivity index (χ0) is 18.2. The zero-order valence-electron chi connectivity index (χ0n) is 15.3. The van der Waals surface area contributed by atoms with Crippen LogP contribution in [0.4, 0.5) is 0 Å². The molecule has 25 heavy (non-hydrogen) atoms. The molecule has 2 rings (SSSR count). The lowest BCUT2D eigenvalue weighted by Gasteiger charge is -2.38. The molecule has 0 spiro atoms. The highest BCUT2D eigenvalue weighted by Crippen LogP contribution is 2.31. The summed E-state index contributed by atoms with van der Waals surface area (Å²) in [5.74, 6) is 1.99. The van der Waals surface area contributed by atoms with Crippen molar-refractivity contribution in [3.8, 4) is 11.5 Å². The summed E-state index contributed by atoms with van der Waals surface area (Å²) in [6.07, 6.45) is 4.37. The predicted octanol–water partition coefficient (Wildman–Crippen LogP) is 2.94. The third-order valence-corrected chi connectivity index (χ3v) is 5.08. The zero-order valence-corrected chi connectivity index (χ0v) is 15.3. The number of rotatable bonds is 8. The van der Waals surface area contributed by atoms with Crippen LogP contribution in [0.1, 0.15) is 31.7 Å². The maximum atomic E-state index is 12.0. The van der Waals surface area contributed by atoms with Crippen LogP contribution >= 0.6 is 0 Å². The lowest BCUT2D eigenvalue weighted by Crippen LogP contribution is -2.41. The Morgan fingerprint density at radius 2 is 2.28 bits per heavy atom. The standard InChI is InChI=1S/C20H30N2O3/c1-4-9-21-20(24)11-16-8-10-22(13-15(16)5-2)14-17-6-7-18(25-3)12-19(17)23/h4,6-7,12,15-16,23H,1,5,8-11,13-14H2,2-3H3,(H,21,24)/t15-,16-/m0/s1. The van der Waals surface area contributed by atoms with E-state index in [1.807, 2.05) is 12.1 Å². The third-order valence-electron chi connectivity index (χ3n) is 5.08. The summed E-state index contributed by atoms with van der Waals surface area (Å²) >= 11 is 0. The number of benzene rings is 1. The van der Waals surface area contributed by atoms with Crippen molar-refractivity contribution >= 4 is 5.91 Å². The first-order chi connectivity index (χ1) is 12.1. The summed E-state index contributed by atoms with van der Waals surface area (Å²) in [4.78, 5) is 14.4. The van der Waals surface area contributed by atoms with E-state index in [2.05, 4.69) is 23.7 Å². The number of hydrogen-bond donors (Lipinski definition) is 2. The van der Waals surface area contributed by atoms with E-state index < -0.39 is 0 Å². The maximum Gasteiger partial charge on any atom is 0.220 e. The van der Waals surface area contributed by atoms with E-state index >= 15 is 0 Å². The van der Waals surface area contributed by atoms with Crippen LogP contribution in [0.2, 0.25) is 0 Å². The van der Waals surface area contributed by atoms with Gasteiger partial charge in [-0.25, -0.2) is 0 Å². The molecule has 5 nitrogen and oxygen atoms in total. The van der Waals surface area contributed by atoms with Gasteiger partial charge in [-0.15, -0.1) is 6.58 Å². The second kappa shape index (κ2) is 9.47. The molecular formula is C20H30N2O3. The van der Waals surface area contributed by atoms with E-state index in [9.17, 15) is 9.90 Å². The number of amides is 1. The molecule has 2 atom stereocenters. The van der Waals surface area contributed by atoms with Gasteiger partial charge in [-0.05, 0) is 30.9 Å². The van der Waals surface area contributed by atoms with Crippen molar-refractivity contribution in [1.82, 2.24) is 10.2 Å². The quantitative estimate of drug-likeness (QED) is 0.711. The number of methoxy groups -OCH3 is 1. The Kier molecular flexibility index (Phi) is 7.31. The Morgan fingerprint density at radius 3 is 2.92 bits per heavy atom. The van der Waals surface area contributed by atoms with E-state index in [4.69, 9.17) is 4.74 Å². The highest BCUT2D eigenvalue weighted by molar-refractivity contribution is 5.76. The van der Waals surface area contributed by atoms with E-state index in [1.165, 1.54) is 0 Å². The van der Waals surface area contributed by atoms with E-state index in [1.54, 1.807) is 19.3 Å². The second-order valence-corrected chi connectivity index (χ2v) is 6.74. The SMILES string of the molecule is C=CCNC(=O)C[C@@H]1CCN(Cc2ccc(OC)cc2O)C[C@@H]1CC. The molecule has 1 aliphatic rings. The highest BCUT2D eigenvalue weighted by Gasteiger charge is 2.29. The highest BCUT2D eigenvalue weighted by atomic mass is 16.5. The second-order valence-electron chi connectivity index (χ2n) is 6.74. The van der Waals surface area contributed by atoms with Gasteiger partial charge in [-0.1, -0.05) is 25.5 Å². The summed E-state index contributed by atoms with van der Waals surface area (Å²) < 4.78 is 5.14. The molecule has 5 heteroatoms. The maximum absolute atomic E-state index is 12.0. The van der Waals surface area contributed by atoms with Gasteiger partial charge in [0.1, 0.15) is 11.5 Å². The Balaban J connectivity index is 1.92. The minimum Gasteiger partial charge on any atom is -0.507 e. The number of ether oxygens (including phenoxy) is 1. The van der Waals surface area contributed by atoms with Crippen LogP contribution < -0.4 is 10.1 Å². The molecule has 0 aliphatic carbocycles. The van der Waals surface area contributed by atoms with Crippen molar-refractivity contribution < 1.29 is 14.6 Å². The normalized spacial score (nSPS) is 20.9. The van der Waals surface area contributed by atoms with Crippen molar-refractivity contribution in [3.05, 3.63) is 36.4 Å². The van der Waals surface area contributed by atoms with E-state index in [0.29, 0.717) is 30.6 Å². The third kappa shape index (κ3) is 5.49. The van der Waals surface area contributed by atoms with Gasteiger partial charge in [0.05, 0.1) is 7.11 Å². The minimum atomic E-state index is 0.115. The smallest absolute Gasteiger partial charge is 0.220 e. The number of nitrogens with zero attached hydrogens (tertiary/aromatic N) is 1. The van der Waals surface area contributed by atoms with Crippen LogP contribution in [0.3, 0.4) is 0 Å². The van der Waals surface area contributed by atoms with Crippen molar-refractivity contribution in [3.63, 3.8) is 0 Å². The molecular weight excluding hydrogens is 316 g/mol. The van der Waals surface area contributed by atoms with Crippen LogP contribution in [0.15, 0.2) is 30.9 Å². The monoisotopic (exact) mass is 346 g/mol. The minimum absolute atomic E-state index is 0.115. The molecule has 1 aliphatic heterocycles. The number of piperidine rings is 1. The molecule has 2 N–H and O–H groups in total. The molecule has 0 radical (unpaired) electrons. The van der Waals surface area contributed by atoms with E-state index in [-0.39, 0.29) is 11.7 Å². The summed E-state index contributed by atoms with van der Waals surface area (Å²) in [6, 6.07) is 5.45. The Bertz CT molecular complexity index is 588. The summed E-state index contributed by atoms with van der Waals surface area (Å²) in [5, 5.41) is 13.0. The molecule has 1 saturated heterocycles. The van der Waals surface area contributed by atoms with Crippen molar-refractivity contribution in [2.45, 2.75) is 32.7 Å². The number of aromatic hydroxyl groups is 1. The van der Waals surface area contributed by atoms with Crippen LogP contribution in [-0.2, 0) is 11.3 Å². The number of hydrogen-bond acceptors (Lipinski definition) is 4. The van der Waals surface area contributed by atoms with E-state index in [0.717, 1.165) is 38.0 Å². The summed E-state index contributed by atoms with van der Waals surface area (Å²) in [5.41, 5.74) is 0.915. The van der Waals surface area contributed by atoms with Gasteiger partial charge >= 0.3 is 0 Å². The number of likely N-dealkylation sites (tertiary alicyclic amines) is 1. The van der Waals surface area contributed by atoms with Crippen molar-refractivity contribution in [2.75, 3.05) is 26.7 Å². The van der Waals surface area contributed by atoms with Gasteiger partial charge in [0.25, 0.3) is 0 Å². The molecule has 0 bridgehead atoms. The fourth-order valence-electron chi connectivity index (χ4n) is 3.57. The summed E-state index contributed by atoms with van der Waals surface area (Å²) in [6.45, 7) is 8.98. The Labute approximate surface area is 150 Å². The predicted molar refractivity (Wildman–Crippen MR) is 99.6 cm³/mol. The Hall–Kier alpha value is -2.01. The number of nitrogens with one attached hydrogen (secondary N) is 1. The van der Waals surface area contributed by atoms with Gasteiger partial charge in [0.2, 0.25) is 5.91 Å². The van der Waals surface area contributed by atoms with Crippen molar-refractivity contribution in [1.29, 1.82) is 0 Å². The largest absolute Gasteiger partial charge is 0.507 e. The number of carbonyl (C=O) groups excluding carboxylic acids is 1. The van der Waals surface area contributed by atoms with Gasteiger partial charge in [-0.2, -0.15) is 0 Å². The van der Waals surface area contributed by atoms with Gasteiger partial charge in [-0.3, -0.25) is 9.69 Å². The van der Waals surface area contributed by atoms with Gasteiger partial charge in [0.15, 0.2) is 0 Å². The molecule has 1 aromatic rings. The summed E-state index contributed by atoms with van der Waals surface area (Å²) in [7, 11) is 1.59. The number of phenolic OH excluding ortho intramolecular Hbond substituents is 1. The van der Waals surface area contributed by atoms with Crippen molar-refractivity contribution in [2.24, 2.45) is 11.8 Å². The first-order valence-corrected chi connectivity index (χ1v) is 9.03. The van der Waals surface area contributed by atoms with Gasteiger partial charge in [0, 0.05) is 37.7 Å². The van der Waals surface area contributed by atoms with Gasteiger partial charge < -0.3 is 15.2 Å². The van der Waals surface area contributed by atoms with Crippen LogP contribution in [0, 0.1) is 11.8 Å². The molecule has 0 unspecified atom stereocenters. The fraction of sp³-hybridized carbons (Fsp3) is 0.550. The molecule has 1 fully saturated rings. The van der Waals surface area contributed by atoms with Crippen LogP contribution in [0.25, 0.3) is 0 Å².